The van der Waals surface area contributed by atoms with Gasteiger partial charge >= 0.3 is 0 Å². The van der Waals surface area contributed by atoms with Crippen molar-refractivity contribution in [2.24, 2.45) is 0 Å². The monoisotopic (exact) mass is 335 g/mol. The summed E-state index contributed by atoms with van der Waals surface area (Å²) in [5.74, 6) is 2.03. The molecule has 0 radical (unpaired) electrons. The number of aryl methyl sites for hydroxylation is 1. The summed E-state index contributed by atoms with van der Waals surface area (Å²) in [4.78, 5) is 4.77. The van der Waals surface area contributed by atoms with Crippen LogP contribution >= 0.6 is 0 Å². The number of aromatic nitrogens is 2. The number of benzene rings is 2. The maximum absolute atomic E-state index is 6.04. The predicted octanol–water partition coefficient (Wildman–Crippen LogP) is 4.01. The zero-order chi connectivity index (χ0) is 17.6. The van der Waals surface area contributed by atoms with E-state index >= 15 is 0 Å². The SMILES string of the molecule is C=CNCCc1nc2ccccc2n1CCOc1cccc(C)c1C. The molecule has 0 saturated carbocycles. The normalized spacial score (nSPS) is 10.8. The maximum atomic E-state index is 6.04. The number of nitrogens with one attached hydrogen (secondary N) is 1. The van der Waals surface area contributed by atoms with Crippen molar-refractivity contribution < 1.29 is 4.74 Å². The van der Waals surface area contributed by atoms with Crippen molar-refractivity contribution in [3.8, 4) is 5.75 Å². The van der Waals surface area contributed by atoms with Gasteiger partial charge in [-0.25, -0.2) is 4.98 Å². The molecule has 4 heteroatoms. The van der Waals surface area contributed by atoms with Crippen LogP contribution in [-0.4, -0.2) is 22.7 Å². The number of rotatable bonds is 8. The molecule has 0 aliphatic carbocycles. The van der Waals surface area contributed by atoms with Crippen molar-refractivity contribution in [1.29, 1.82) is 0 Å². The molecule has 0 unspecified atom stereocenters. The molecule has 2 aromatic carbocycles. The van der Waals surface area contributed by atoms with Gasteiger partial charge in [0.05, 0.1) is 17.6 Å². The number of ether oxygens (including phenoxy) is 1. The van der Waals surface area contributed by atoms with E-state index in [1.807, 2.05) is 18.2 Å². The van der Waals surface area contributed by atoms with E-state index in [0.29, 0.717) is 6.61 Å². The molecule has 4 nitrogen and oxygen atoms in total. The Morgan fingerprint density at radius 1 is 1.16 bits per heavy atom. The Hall–Kier alpha value is -2.75. The summed E-state index contributed by atoms with van der Waals surface area (Å²) >= 11 is 0. The predicted molar refractivity (Wildman–Crippen MR) is 103 cm³/mol. The van der Waals surface area contributed by atoms with Gasteiger partial charge in [0, 0.05) is 13.0 Å². The number of hydrogen-bond donors (Lipinski definition) is 1. The lowest BCUT2D eigenvalue weighted by atomic mass is 10.1. The van der Waals surface area contributed by atoms with Gasteiger partial charge in [0.1, 0.15) is 18.2 Å². The van der Waals surface area contributed by atoms with Gasteiger partial charge in [-0.1, -0.05) is 30.8 Å². The first-order valence-corrected chi connectivity index (χ1v) is 8.68. The molecule has 0 aliphatic rings. The summed E-state index contributed by atoms with van der Waals surface area (Å²) in [5, 5.41) is 3.14. The van der Waals surface area contributed by atoms with Gasteiger partial charge in [-0.05, 0) is 49.4 Å². The Kier molecular flexibility index (Phi) is 5.39. The van der Waals surface area contributed by atoms with Gasteiger partial charge < -0.3 is 14.6 Å². The molecule has 25 heavy (non-hydrogen) atoms. The summed E-state index contributed by atoms with van der Waals surface area (Å²) in [7, 11) is 0. The number of nitrogens with zero attached hydrogens (tertiary/aromatic N) is 2. The molecule has 0 aliphatic heterocycles. The molecule has 0 bridgehead atoms. The molecule has 1 N–H and O–H groups in total. The van der Waals surface area contributed by atoms with Gasteiger partial charge in [0.25, 0.3) is 0 Å². The van der Waals surface area contributed by atoms with Crippen LogP contribution in [0.2, 0.25) is 0 Å². The highest BCUT2D eigenvalue weighted by Gasteiger charge is 2.10. The minimum absolute atomic E-state index is 0.618. The highest BCUT2D eigenvalue weighted by atomic mass is 16.5. The summed E-state index contributed by atoms with van der Waals surface area (Å²) in [6.45, 7) is 10.1. The second-order valence-corrected chi connectivity index (χ2v) is 6.12. The Labute approximate surface area is 149 Å². The largest absolute Gasteiger partial charge is 0.491 e. The van der Waals surface area contributed by atoms with Crippen molar-refractivity contribution >= 4 is 11.0 Å². The number of hydrogen-bond acceptors (Lipinski definition) is 3. The van der Waals surface area contributed by atoms with Crippen LogP contribution in [0, 0.1) is 13.8 Å². The van der Waals surface area contributed by atoms with Gasteiger partial charge in [-0.15, -0.1) is 0 Å². The molecule has 0 amide bonds. The van der Waals surface area contributed by atoms with Crippen molar-refractivity contribution in [2.45, 2.75) is 26.8 Å². The van der Waals surface area contributed by atoms with E-state index in [0.717, 1.165) is 42.1 Å². The molecule has 1 aromatic heterocycles. The highest BCUT2D eigenvalue weighted by Crippen LogP contribution is 2.21. The Balaban J connectivity index is 1.76. The topological polar surface area (TPSA) is 39.1 Å². The van der Waals surface area contributed by atoms with Crippen LogP contribution in [-0.2, 0) is 13.0 Å². The van der Waals surface area contributed by atoms with Crippen LogP contribution in [0.15, 0.2) is 55.2 Å². The summed E-state index contributed by atoms with van der Waals surface area (Å²) < 4.78 is 8.30. The van der Waals surface area contributed by atoms with Gasteiger partial charge in [0.2, 0.25) is 0 Å². The van der Waals surface area contributed by atoms with E-state index in [4.69, 9.17) is 9.72 Å². The summed E-state index contributed by atoms with van der Waals surface area (Å²) in [6, 6.07) is 14.4. The third-order valence-electron chi connectivity index (χ3n) is 4.50. The van der Waals surface area contributed by atoms with Crippen LogP contribution < -0.4 is 10.1 Å². The van der Waals surface area contributed by atoms with E-state index in [9.17, 15) is 0 Å². The first kappa shape index (κ1) is 17.1. The van der Waals surface area contributed by atoms with Crippen LogP contribution in [0.5, 0.6) is 5.75 Å². The third-order valence-corrected chi connectivity index (χ3v) is 4.50. The quantitative estimate of drug-likeness (QED) is 0.632. The van der Waals surface area contributed by atoms with Crippen molar-refractivity contribution in [2.75, 3.05) is 13.2 Å². The molecule has 0 fully saturated rings. The standard InChI is InChI=1S/C21H25N3O/c1-4-22-13-12-21-23-18-9-5-6-10-19(18)24(21)14-15-25-20-11-7-8-16(2)17(20)3/h4-11,22H,1,12-15H2,2-3H3. The van der Waals surface area contributed by atoms with Crippen LogP contribution in [0.1, 0.15) is 17.0 Å². The third kappa shape index (κ3) is 3.85. The number of imidazole rings is 1. The number of fused-ring (bicyclic) bond motifs is 1. The van der Waals surface area contributed by atoms with Gasteiger partial charge in [0.15, 0.2) is 0 Å². The smallest absolute Gasteiger partial charge is 0.122 e. The van der Waals surface area contributed by atoms with Crippen molar-refractivity contribution in [1.82, 2.24) is 14.9 Å². The van der Waals surface area contributed by atoms with Crippen LogP contribution in [0.3, 0.4) is 0 Å². The average molecular weight is 335 g/mol. The summed E-state index contributed by atoms with van der Waals surface area (Å²) in [5.41, 5.74) is 4.64. The zero-order valence-corrected chi connectivity index (χ0v) is 15.0. The second kappa shape index (κ2) is 7.88. The maximum Gasteiger partial charge on any atom is 0.122 e. The van der Waals surface area contributed by atoms with E-state index in [-0.39, 0.29) is 0 Å². The zero-order valence-electron chi connectivity index (χ0n) is 15.0. The van der Waals surface area contributed by atoms with E-state index in [1.165, 1.54) is 11.1 Å². The van der Waals surface area contributed by atoms with Crippen molar-refractivity contribution in [3.63, 3.8) is 0 Å². The van der Waals surface area contributed by atoms with Crippen LogP contribution in [0.4, 0.5) is 0 Å². The fourth-order valence-electron chi connectivity index (χ4n) is 2.98. The van der Waals surface area contributed by atoms with Crippen molar-refractivity contribution in [3.05, 3.63) is 72.2 Å². The van der Waals surface area contributed by atoms with Gasteiger partial charge in [-0.2, -0.15) is 0 Å². The lowest BCUT2D eigenvalue weighted by molar-refractivity contribution is 0.296. The minimum atomic E-state index is 0.618. The Bertz CT molecular complexity index is 867. The van der Waals surface area contributed by atoms with E-state index in [1.54, 1.807) is 6.20 Å². The molecular formula is C21H25N3O. The fraction of sp³-hybridized carbons (Fsp3) is 0.286. The highest BCUT2D eigenvalue weighted by molar-refractivity contribution is 5.75. The molecule has 0 spiro atoms. The molecule has 1 heterocycles. The second-order valence-electron chi connectivity index (χ2n) is 6.12. The van der Waals surface area contributed by atoms with E-state index in [2.05, 4.69) is 54.6 Å². The minimum Gasteiger partial charge on any atom is -0.491 e. The lowest BCUT2D eigenvalue weighted by Crippen LogP contribution is -2.16. The molecule has 0 saturated heterocycles. The first-order valence-electron chi connectivity index (χ1n) is 8.68. The number of para-hydroxylation sites is 2. The molecule has 130 valence electrons. The fourth-order valence-corrected chi connectivity index (χ4v) is 2.98. The van der Waals surface area contributed by atoms with Crippen LogP contribution in [0.25, 0.3) is 11.0 Å². The summed E-state index contributed by atoms with van der Waals surface area (Å²) in [6.07, 6.45) is 2.57. The lowest BCUT2D eigenvalue weighted by Gasteiger charge is -2.13. The molecule has 3 aromatic rings. The average Bonchev–Trinajstić information content (AvgIpc) is 2.97. The molecule has 3 rings (SSSR count). The van der Waals surface area contributed by atoms with E-state index < -0.39 is 0 Å². The Morgan fingerprint density at radius 3 is 2.84 bits per heavy atom. The first-order chi connectivity index (χ1) is 12.2. The molecular weight excluding hydrogens is 310 g/mol. The molecule has 0 atom stereocenters. The Morgan fingerprint density at radius 2 is 2.00 bits per heavy atom. The van der Waals surface area contributed by atoms with Gasteiger partial charge in [-0.3, -0.25) is 0 Å².